The van der Waals surface area contributed by atoms with Crippen LogP contribution in [0.25, 0.3) is 0 Å². The molecule has 6 atom stereocenters. The van der Waals surface area contributed by atoms with Crippen LogP contribution < -0.4 is 10.1 Å². The number of aliphatic hydroxyl groups is 3. The minimum Gasteiger partial charge on any atom is -0.507 e. The molecule has 1 amide bonds. The first-order valence-electron chi connectivity index (χ1n) is 13.3. The number of ketones is 3. The van der Waals surface area contributed by atoms with E-state index in [1.165, 1.54) is 32.2 Å². The molecule has 0 saturated carbocycles. The standard InChI is InChI=1S/C29H31NO12/c1-11-24(34)15(30-12(2)32)7-19(41-11)42-17-9-29(39,18(33)10-31)8-14-21(17)28(38)23-22(26(14)36)25(35)13-5-4-6-16(40-3)20(13)27(23)37/h4-6,11,15,17,19,24,31,34,36,38-39H,7-10H2,1-3H3,(H,30,32)/t11?,15?,17-,19?,24?,29-/m0/s1. The number of fused-ring (bicyclic) bond motifs is 3. The second-order valence-electron chi connectivity index (χ2n) is 10.8. The van der Waals surface area contributed by atoms with Gasteiger partial charge in [0.1, 0.15) is 35.6 Å². The summed E-state index contributed by atoms with van der Waals surface area (Å²) in [6.07, 6.45) is -5.65. The number of nitrogens with one attached hydrogen (secondary N) is 1. The first-order chi connectivity index (χ1) is 19.8. The van der Waals surface area contributed by atoms with Gasteiger partial charge in [-0.25, -0.2) is 0 Å². The van der Waals surface area contributed by atoms with E-state index in [-0.39, 0.29) is 34.4 Å². The summed E-state index contributed by atoms with van der Waals surface area (Å²) in [6.45, 7) is 1.77. The number of phenols is 2. The topological polar surface area (TPSA) is 209 Å². The van der Waals surface area contributed by atoms with Crippen molar-refractivity contribution in [1.82, 2.24) is 5.32 Å². The molecule has 4 unspecified atom stereocenters. The maximum absolute atomic E-state index is 13.7. The summed E-state index contributed by atoms with van der Waals surface area (Å²) in [5, 5.41) is 57.0. The van der Waals surface area contributed by atoms with Gasteiger partial charge in [0.2, 0.25) is 11.7 Å². The largest absolute Gasteiger partial charge is 0.507 e. The number of carbonyl (C=O) groups excluding carboxylic acids is 4. The van der Waals surface area contributed by atoms with Crippen molar-refractivity contribution in [1.29, 1.82) is 0 Å². The summed E-state index contributed by atoms with van der Waals surface area (Å²) < 4.78 is 17.1. The van der Waals surface area contributed by atoms with Gasteiger partial charge in [0, 0.05) is 42.9 Å². The summed E-state index contributed by atoms with van der Waals surface area (Å²) in [5.74, 6) is -4.34. The Balaban J connectivity index is 1.65. The third-order valence-electron chi connectivity index (χ3n) is 8.15. The fourth-order valence-corrected chi connectivity index (χ4v) is 6.12. The average Bonchev–Trinajstić information content (AvgIpc) is 2.94. The minimum absolute atomic E-state index is 0.0665. The quantitative estimate of drug-likeness (QED) is 0.214. The van der Waals surface area contributed by atoms with Crippen LogP contribution in [0.2, 0.25) is 0 Å². The van der Waals surface area contributed by atoms with Crippen molar-refractivity contribution < 1.29 is 58.9 Å². The number of carbonyl (C=O) groups is 4. The van der Waals surface area contributed by atoms with E-state index < -0.39 is 102 Å². The maximum atomic E-state index is 13.7. The molecule has 5 rings (SSSR count). The number of aromatic hydroxyl groups is 2. The molecule has 1 fully saturated rings. The highest BCUT2D eigenvalue weighted by Crippen LogP contribution is 2.52. The van der Waals surface area contributed by atoms with E-state index in [1.807, 2.05) is 0 Å². The van der Waals surface area contributed by atoms with Crippen molar-refractivity contribution in [2.45, 2.75) is 69.4 Å². The Hall–Kier alpha value is -3.88. The van der Waals surface area contributed by atoms with Gasteiger partial charge in [-0.1, -0.05) is 12.1 Å². The lowest BCUT2D eigenvalue weighted by atomic mass is 9.72. The predicted octanol–water partition coefficient (Wildman–Crippen LogP) is 0.179. The maximum Gasteiger partial charge on any atom is 0.217 e. The lowest BCUT2D eigenvalue weighted by molar-refractivity contribution is -0.249. The van der Waals surface area contributed by atoms with Crippen LogP contribution >= 0.6 is 0 Å². The molecular formula is C29H31NO12. The zero-order valence-corrected chi connectivity index (χ0v) is 23.0. The molecule has 1 saturated heterocycles. The smallest absolute Gasteiger partial charge is 0.217 e. The SMILES string of the molecule is COc1cccc2c1C(=O)c1c(O)c3c(c(O)c1C2=O)C[C@@](O)(C(=O)CO)C[C@@H]3OC1CC(NC(C)=O)C(O)C(C)O1. The number of Topliss-reactive ketones (excluding diaryl/α,β-unsaturated/α-hetero) is 1. The van der Waals surface area contributed by atoms with E-state index in [4.69, 9.17) is 14.2 Å². The number of ether oxygens (including phenoxy) is 3. The zero-order chi connectivity index (χ0) is 30.7. The van der Waals surface area contributed by atoms with Gasteiger partial charge in [-0.15, -0.1) is 0 Å². The third-order valence-corrected chi connectivity index (χ3v) is 8.15. The second-order valence-corrected chi connectivity index (χ2v) is 10.8. The summed E-state index contributed by atoms with van der Waals surface area (Å²) in [7, 11) is 1.31. The van der Waals surface area contributed by atoms with E-state index in [2.05, 4.69) is 5.32 Å². The Morgan fingerprint density at radius 3 is 2.45 bits per heavy atom. The predicted molar refractivity (Wildman–Crippen MR) is 141 cm³/mol. The van der Waals surface area contributed by atoms with Crippen molar-refractivity contribution in [3.8, 4) is 17.2 Å². The van der Waals surface area contributed by atoms with Crippen LogP contribution in [0.1, 0.15) is 75.8 Å². The van der Waals surface area contributed by atoms with E-state index in [0.29, 0.717) is 0 Å². The number of hydrogen-bond donors (Lipinski definition) is 6. The van der Waals surface area contributed by atoms with Gasteiger partial charge in [0.15, 0.2) is 17.9 Å². The van der Waals surface area contributed by atoms with E-state index in [9.17, 15) is 44.7 Å². The molecule has 2 aliphatic carbocycles. The fraction of sp³-hybridized carbons (Fsp3) is 0.448. The third kappa shape index (κ3) is 4.63. The van der Waals surface area contributed by atoms with Crippen molar-refractivity contribution in [2.24, 2.45) is 0 Å². The Kier molecular flexibility index (Phi) is 7.58. The molecule has 3 aliphatic rings. The van der Waals surface area contributed by atoms with Crippen LogP contribution in [0.4, 0.5) is 0 Å². The van der Waals surface area contributed by atoms with Crippen LogP contribution in [0, 0.1) is 0 Å². The average molecular weight is 586 g/mol. The fourth-order valence-electron chi connectivity index (χ4n) is 6.12. The van der Waals surface area contributed by atoms with E-state index in [1.54, 1.807) is 6.92 Å². The van der Waals surface area contributed by atoms with E-state index >= 15 is 0 Å². The molecule has 42 heavy (non-hydrogen) atoms. The highest BCUT2D eigenvalue weighted by atomic mass is 16.7. The van der Waals surface area contributed by atoms with Crippen LogP contribution in [0.15, 0.2) is 18.2 Å². The van der Waals surface area contributed by atoms with Gasteiger partial charge >= 0.3 is 0 Å². The molecule has 2 aromatic rings. The minimum atomic E-state index is -2.29. The lowest BCUT2D eigenvalue weighted by Crippen LogP contribution is -2.55. The molecule has 6 N–H and O–H groups in total. The van der Waals surface area contributed by atoms with Gasteiger partial charge in [-0.05, 0) is 13.0 Å². The summed E-state index contributed by atoms with van der Waals surface area (Å²) in [6, 6.07) is 3.54. The highest BCUT2D eigenvalue weighted by Gasteiger charge is 2.50. The molecule has 0 aromatic heterocycles. The Morgan fingerprint density at radius 2 is 1.81 bits per heavy atom. The summed E-state index contributed by atoms with van der Waals surface area (Å²) in [4.78, 5) is 51.7. The molecule has 0 bridgehead atoms. The van der Waals surface area contributed by atoms with E-state index in [0.717, 1.165) is 0 Å². The first kappa shape index (κ1) is 29.6. The number of benzene rings is 2. The number of phenolic OH excluding ortho intramolecular Hbond substituents is 2. The first-order valence-corrected chi connectivity index (χ1v) is 13.3. The molecule has 1 aliphatic heterocycles. The van der Waals surface area contributed by atoms with Crippen LogP contribution in [0.5, 0.6) is 17.2 Å². The molecule has 13 nitrogen and oxygen atoms in total. The highest BCUT2D eigenvalue weighted by molar-refractivity contribution is 6.31. The number of amides is 1. The van der Waals surface area contributed by atoms with Crippen molar-refractivity contribution in [2.75, 3.05) is 13.7 Å². The number of hydrogen-bond acceptors (Lipinski definition) is 12. The summed E-state index contributed by atoms with van der Waals surface area (Å²) in [5.41, 5.74) is -3.84. The Labute approximate surface area is 239 Å². The molecule has 2 aromatic carbocycles. The molecule has 0 radical (unpaired) electrons. The van der Waals surface area contributed by atoms with Crippen molar-refractivity contribution in [3.05, 3.63) is 51.6 Å². The zero-order valence-electron chi connectivity index (χ0n) is 23.0. The van der Waals surface area contributed by atoms with Gasteiger partial charge in [-0.2, -0.15) is 0 Å². The molecule has 224 valence electrons. The van der Waals surface area contributed by atoms with Crippen LogP contribution in [-0.2, 0) is 25.5 Å². The van der Waals surface area contributed by atoms with Gasteiger partial charge in [0.25, 0.3) is 0 Å². The molecular weight excluding hydrogens is 554 g/mol. The molecule has 13 heteroatoms. The van der Waals surface area contributed by atoms with Gasteiger partial charge in [0.05, 0.1) is 42.0 Å². The number of methoxy groups -OCH3 is 1. The number of rotatable bonds is 6. The lowest BCUT2D eigenvalue weighted by Gasteiger charge is -2.42. The van der Waals surface area contributed by atoms with Crippen LogP contribution in [-0.4, -0.2) is 92.6 Å². The van der Waals surface area contributed by atoms with Crippen molar-refractivity contribution in [3.63, 3.8) is 0 Å². The summed E-state index contributed by atoms with van der Waals surface area (Å²) >= 11 is 0. The Bertz CT molecular complexity index is 1500. The van der Waals surface area contributed by atoms with Crippen LogP contribution in [0.3, 0.4) is 0 Å². The van der Waals surface area contributed by atoms with Gasteiger partial charge in [-0.3, -0.25) is 19.2 Å². The molecule has 0 spiro atoms. The Morgan fingerprint density at radius 1 is 1.12 bits per heavy atom. The monoisotopic (exact) mass is 585 g/mol. The number of aliphatic hydroxyl groups excluding tert-OH is 2. The van der Waals surface area contributed by atoms with Crippen molar-refractivity contribution >= 4 is 23.3 Å². The molecule has 1 heterocycles. The second kappa shape index (κ2) is 10.7. The normalized spacial score (nSPS) is 28.4. The van der Waals surface area contributed by atoms with Gasteiger partial charge < -0.3 is 45.1 Å².